The molecule has 1 heterocycles. The minimum Gasteiger partial charge on any atom is -0.359 e. The molecule has 0 aromatic rings. The Balaban J connectivity index is 1.98. The van der Waals surface area contributed by atoms with E-state index in [1.807, 2.05) is 0 Å². The number of hydrogen-bond acceptors (Lipinski definition) is 4. The first-order chi connectivity index (χ1) is 7.62. The summed E-state index contributed by atoms with van der Waals surface area (Å²) in [4.78, 5) is 13.0. The van der Waals surface area contributed by atoms with Gasteiger partial charge in [-0.15, -0.1) is 0 Å². The minimum absolute atomic E-state index is 0.192. The first-order valence-electron chi connectivity index (χ1n) is 6.08. The van der Waals surface area contributed by atoms with E-state index >= 15 is 0 Å². The molecule has 0 aromatic carbocycles. The van der Waals surface area contributed by atoms with Crippen molar-refractivity contribution in [1.29, 1.82) is 0 Å². The van der Waals surface area contributed by atoms with E-state index in [1.165, 1.54) is 19.3 Å². The highest BCUT2D eigenvalue weighted by Crippen LogP contribution is 2.27. The van der Waals surface area contributed by atoms with E-state index < -0.39 is 5.54 Å². The second-order valence-electron chi connectivity index (χ2n) is 5.27. The third-order valence-electron chi connectivity index (χ3n) is 3.75. The highest BCUT2D eigenvalue weighted by atomic mass is 16.6. The van der Waals surface area contributed by atoms with Gasteiger partial charge in [-0.1, -0.05) is 19.3 Å². The van der Waals surface area contributed by atoms with Crippen molar-refractivity contribution in [3.63, 3.8) is 0 Å². The van der Waals surface area contributed by atoms with Crippen LogP contribution in [0.2, 0.25) is 0 Å². The molecule has 1 aliphatic carbocycles. The van der Waals surface area contributed by atoms with Crippen molar-refractivity contribution in [2.75, 3.05) is 19.9 Å². The SMILES string of the molecule is CC1([N+](=O)[O-])COCN(C2CCCCC2)C1. The average molecular weight is 228 g/mol. The van der Waals surface area contributed by atoms with Crippen LogP contribution in [0.3, 0.4) is 0 Å². The maximum Gasteiger partial charge on any atom is 0.254 e. The van der Waals surface area contributed by atoms with Gasteiger partial charge in [0.15, 0.2) is 0 Å². The lowest BCUT2D eigenvalue weighted by Gasteiger charge is -2.40. The molecule has 2 fully saturated rings. The zero-order chi connectivity index (χ0) is 11.6. The molecular weight excluding hydrogens is 208 g/mol. The van der Waals surface area contributed by atoms with E-state index in [4.69, 9.17) is 4.74 Å². The first kappa shape index (κ1) is 11.8. The van der Waals surface area contributed by atoms with E-state index in [1.54, 1.807) is 6.92 Å². The van der Waals surface area contributed by atoms with Crippen LogP contribution in [-0.2, 0) is 4.74 Å². The summed E-state index contributed by atoms with van der Waals surface area (Å²) in [6.07, 6.45) is 6.12. The zero-order valence-electron chi connectivity index (χ0n) is 9.85. The van der Waals surface area contributed by atoms with Crippen molar-refractivity contribution < 1.29 is 9.66 Å². The summed E-state index contributed by atoms with van der Waals surface area (Å²) in [5.74, 6) is 0. The Labute approximate surface area is 95.9 Å². The Morgan fingerprint density at radius 3 is 2.69 bits per heavy atom. The van der Waals surface area contributed by atoms with Crippen molar-refractivity contribution in [3.8, 4) is 0 Å². The molecule has 5 heteroatoms. The number of nitrogens with zero attached hydrogens (tertiary/aromatic N) is 2. The van der Waals surface area contributed by atoms with Gasteiger partial charge in [0.1, 0.15) is 6.61 Å². The van der Waals surface area contributed by atoms with Crippen LogP contribution in [0.25, 0.3) is 0 Å². The molecule has 0 radical (unpaired) electrons. The molecule has 2 rings (SSSR count). The van der Waals surface area contributed by atoms with Gasteiger partial charge in [-0.05, 0) is 12.8 Å². The first-order valence-corrected chi connectivity index (χ1v) is 6.08. The molecule has 16 heavy (non-hydrogen) atoms. The molecule has 0 amide bonds. The van der Waals surface area contributed by atoms with Crippen LogP contribution in [0, 0.1) is 10.1 Å². The second kappa shape index (κ2) is 4.67. The maximum absolute atomic E-state index is 11.0. The molecule has 1 atom stereocenters. The van der Waals surface area contributed by atoms with Gasteiger partial charge in [-0.3, -0.25) is 15.0 Å². The lowest BCUT2D eigenvalue weighted by Crippen LogP contribution is -2.57. The summed E-state index contributed by atoms with van der Waals surface area (Å²) < 4.78 is 5.40. The second-order valence-corrected chi connectivity index (χ2v) is 5.27. The molecule has 1 aliphatic heterocycles. The van der Waals surface area contributed by atoms with Crippen molar-refractivity contribution >= 4 is 0 Å². The summed E-state index contributed by atoms with van der Waals surface area (Å²) in [6, 6.07) is 0.494. The third-order valence-corrected chi connectivity index (χ3v) is 3.75. The van der Waals surface area contributed by atoms with Crippen molar-refractivity contribution in [3.05, 3.63) is 10.1 Å². The number of nitro groups is 1. The molecular formula is C11H20N2O3. The Morgan fingerprint density at radius 1 is 1.38 bits per heavy atom. The molecule has 0 spiro atoms. The molecule has 2 aliphatic rings. The molecule has 5 nitrogen and oxygen atoms in total. The van der Waals surface area contributed by atoms with Crippen LogP contribution in [-0.4, -0.2) is 41.3 Å². The number of rotatable bonds is 2. The van der Waals surface area contributed by atoms with Gasteiger partial charge in [0.2, 0.25) is 0 Å². The molecule has 0 bridgehead atoms. The predicted octanol–water partition coefficient (Wildman–Crippen LogP) is 1.64. The summed E-state index contributed by atoms with van der Waals surface area (Å²) in [7, 11) is 0. The fraction of sp³-hybridized carbons (Fsp3) is 1.00. The van der Waals surface area contributed by atoms with Gasteiger partial charge in [0.25, 0.3) is 5.54 Å². The third kappa shape index (κ3) is 2.35. The summed E-state index contributed by atoms with van der Waals surface area (Å²) in [6.45, 7) is 3.02. The van der Waals surface area contributed by atoms with Crippen LogP contribution < -0.4 is 0 Å². The van der Waals surface area contributed by atoms with Crippen LogP contribution in [0.5, 0.6) is 0 Å². The highest BCUT2D eigenvalue weighted by molar-refractivity contribution is 4.85. The molecule has 0 aromatic heterocycles. The van der Waals surface area contributed by atoms with Gasteiger partial charge in [-0.2, -0.15) is 0 Å². The van der Waals surface area contributed by atoms with Crippen molar-refractivity contribution in [1.82, 2.24) is 4.90 Å². The van der Waals surface area contributed by atoms with Gasteiger partial charge in [0.05, 0.1) is 13.3 Å². The van der Waals surface area contributed by atoms with E-state index in [0.29, 0.717) is 19.3 Å². The highest BCUT2D eigenvalue weighted by Gasteiger charge is 2.44. The standard InChI is InChI=1S/C11H20N2O3/c1-11(13(14)15)7-12(9-16-8-11)10-5-3-2-4-6-10/h10H,2-9H2,1H3. The summed E-state index contributed by atoms with van der Waals surface area (Å²) in [5, 5.41) is 11.0. The van der Waals surface area contributed by atoms with Crippen molar-refractivity contribution in [2.45, 2.75) is 50.6 Å². The molecule has 92 valence electrons. The quantitative estimate of drug-likeness (QED) is 0.532. The Kier molecular flexibility index (Phi) is 3.44. The van der Waals surface area contributed by atoms with Crippen LogP contribution in [0.4, 0.5) is 0 Å². The molecule has 1 unspecified atom stereocenters. The smallest absolute Gasteiger partial charge is 0.254 e. The summed E-state index contributed by atoms with van der Waals surface area (Å²) in [5.41, 5.74) is -0.921. The van der Waals surface area contributed by atoms with Gasteiger partial charge < -0.3 is 4.74 Å². The Hall–Kier alpha value is -0.680. The minimum atomic E-state index is -0.921. The van der Waals surface area contributed by atoms with Gasteiger partial charge >= 0.3 is 0 Å². The Bertz CT molecular complexity index is 266. The number of hydrogen-bond donors (Lipinski definition) is 0. The average Bonchev–Trinajstić information content (AvgIpc) is 2.30. The van der Waals surface area contributed by atoms with Crippen LogP contribution in [0.15, 0.2) is 0 Å². The lowest BCUT2D eigenvalue weighted by molar-refractivity contribution is -0.576. The van der Waals surface area contributed by atoms with E-state index in [-0.39, 0.29) is 11.5 Å². The fourth-order valence-electron chi connectivity index (χ4n) is 2.70. The summed E-state index contributed by atoms with van der Waals surface area (Å²) >= 11 is 0. The maximum atomic E-state index is 11.0. The van der Waals surface area contributed by atoms with Gasteiger partial charge in [0, 0.05) is 17.9 Å². The Morgan fingerprint density at radius 2 is 2.06 bits per heavy atom. The topological polar surface area (TPSA) is 55.6 Å². The van der Waals surface area contributed by atoms with Crippen molar-refractivity contribution in [2.24, 2.45) is 0 Å². The largest absolute Gasteiger partial charge is 0.359 e. The van der Waals surface area contributed by atoms with E-state index in [2.05, 4.69) is 4.90 Å². The molecule has 0 N–H and O–H groups in total. The zero-order valence-corrected chi connectivity index (χ0v) is 9.85. The predicted molar refractivity (Wildman–Crippen MR) is 59.8 cm³/mol. The van der Waals surface area contributed by atoms with E-state index in [9.17, 15) is 10.1 Å². The molecule has 1 saturated heterocycles. The normalized spacial score (nSPS) is 33.8. The van der Waals surface area contributed by atoms with Crippen LogP contribution in [0.1, 0.15) is 39.0 Å². The van der Waals surface area contributed by atoms with Gasteiger partial charge in [-0.25, -0.2) is 0 Å². The monoisotopic (exact) mass is 228 g/mol. The van der Waals surface area contributed by atoms with Crippen LogP contribution >= 0.6 is 0 Å². The fourth-order valence-corrected chi connectivity index (χ4v) is 2.70. The molecule has 1 saturated carbocycles. The lowest BCUT2D eigenvalue weighted by atomic mass is 9.92. The van der Waals surface area contributed by atoms with E-state index in [0.717, 1.165) is 12.8 Å². The number of ether oxygens (including phenoxy) is 1.